The van der Waals surface area contributed by atoms with Gasteiger partial charge >= 0.3 is 6.08 Å². The van der Waals surface area contributed by atoms with Crippen molar-refractivity contribution < 1.29 is 9.47 Å². The Labute approximate surface area is 129 Å². The maximum absolute atomic E-state index is 5.83. The molecule has 2 aromatic carbocycles. The molecule has 0 radical (unpaired) electrons. The van der Waals surface area contributed by atoms with E-state index in [-0.39, 0.29) is 10.9 Å². The first kappa shape index (κ1) is 14.3. The Balaban J connectivity index is 1.90. The summed E-state index contributed by atoms with van der Waals surface area (Å²) in [6.07, 6.45) is 1.28. The number of benzene rings is 2. The van der Waals surface area contributed by atoms with E-state index in [0.29, 0.717) is 6.08 Å². The van der Waals surface area contributed by atoms with Crippen LogP contribution in [-0.4, -0.2) is 24.0 Å². The average molecular weight is 301 g/mol. The molecule has 3 nitrogen and oxygen atoms in total. The molecule has 0 bridgehead atoms. The van der Waals surface area contributed by atoms with E-state index in [0.717, 1.165) is 6.42 Å². The van der Waals surface area contributed by atoms with E-state index in [1.807, 2.05) is 0 Å². The van der Waals surface area contributed by atoms with Gasteiger partial charge in [0.25, 0.3) is 0 Å². The predicted molar refractivity (Wildman–Crippen MR) is 88.6 cm³/mol. The number of hydrogen-bond donors (Lipinski definition) is 0. The Morgan fingerprint density at radius 2 is 1.95 bits per heavy atom. The summed E-state index contributed by atoms with van der Waals surface area (Å²) in [5.74, 6) is 0. The van der Waals surface area contributed by atoms with E-state index < -0.39 is 0 Å². The van der Waals surface area contributed by atoms with Gasteiger partial charge in [-0.1, -0.05) is 42.5 Å². The predicted octanol–water partition coefficient (Wildman–Crippen LogP) is 4.21. The topological polar surface area (TPSA) is 30.8 Å². The number of hydrogen-bond acceptors (Lipinski definition) is 4. The number of nitrogens with zero attached hydrogens (tertiary/aromatic N) is 1. The third-order valence-electron chi connectivity index (χ3n) is 3.84. The van der Waals surface area contributed by atoms with Crippen molar-refractivity contribution in [3.05, 3.63) is 48.0 Å². The molecule has 3 rings (SSSR count). The third-order valence-corrected chi connectivity index (χ3v) is 5.08. The SMILES string of the molecule is COC1=NSC(Cc2cccc3ccccc23)C(C)(C)O1. The van der Waals surface area contributed by atoms with Gasteiger partial charge < -0.3 is 9.47 Å². The molecule has 2 aromatic rings. The van der Waals surface area contributed by atoms with Gasteiger partial charge in [0.15, 0.2) is 0 Å². The molecule has 1 atom stereocenters. The highest BCUT2D eigenvalue weighted by Crippen LogP contribution is 2.36. The number of ether oxygens (including phenoxy) is 2. The van der Waals surface area contributed by atoms with Crippen LogP contribution in [-0.2, 0) is 15.9 Å². The molecular weight excluding hydrogens is 282 g/mol. The molecule has 1 heterocycles. The maximum atomic E-state index is 5.83. The highest BCUT2D eigenvalue weighted by atomic mass is 32.2. The molecule has 0 amide bonds. The molecular formula is C17H19NO2S. The second-order valence-corrected chi connectivity index (χ2v) is 6.67. The van der Waals surface area contributed by atoms with Gasteiger partial charge in [0.05, 0.1) is 12.4 Å². The Kier molecular flexibility index (Phi) is 3.81. The molecule has 0 N–H and O–H groups in total. The highest BCUT2D eigenvalue weighted by molar-refractivity contribution is 7.98. The van der Waals surface area contributed by atoms with Crippen LogP contribution in [0.5, 0.6) is 0 Å². The zero-order valence-corrected chi connectivity index (χ0v) is 13.3. The van der Waals surface area contributed by atoms with E-state index in [2.05, 4.69) is 60.7 Å². The Bertz CT molecular complexity index is 676. The van der Waals surface area contributed by atoms with Gasteiger partial charge in [0, 0.05) is 0 Å². The van der Waals surface area contributed by atoms with Crippen molar-refractivity contribution in [1.29, 1.82) is 0 Å². The minimum atomic E-state index is -0.311. The summed E-state index contributed by atoms with van der Waals surface area (Å²) in [4.78, 5) is 0. The van der Waals surface area contributed by atoms with Crippen molar-refractivity contribution in [2.75, 3.05) is 7.11 Å². The van der Waals surface area contributed by atoms with Crippen molar-refractivity contribution in [2.45, 2.75) is 31.1 Å². The van der Waals surface area contributed by atoms with Crippen molar-refractivity contribution in [3.63, 3.8) is 0 Å². The molecule has 0 fully saturated rings. The summed E-state index contributed by atoms with van der Waals surface area (Å²) < 4.78 is 15.2. The van der Waals surface area contributed by atoms with Gasteiger partial charge in [-0.15, -0.1) is 4.40 Å². The summed E-state index contributed by atoms with van der Waals surface area (Å²) in [5, 5.41) is 2.83. The van der Waals surface area contributed by atoms with Crippen molar-refractivity contribution in [2.24, 2.45) is 4.40 Å². The minimum absolute atomic E-state index is 0.252. The van der Waals surface area contributed by atoms with Crippen LogP contribution in [0.25, 0.3) is 10.8 Å². The number of rotatable bonds is 2. The smallest absolute Gasteiger partial charge is 0.395 e. The molecule has 1 aliphatic heterocycles. The molecule has 0 aliphatic carbocycles. The second-order valence-electron chi connectivity index (χ2n) is 5.70. The van der Waals surface area contributed by atoms with Crippen LogP contribution in [0.15, 0.2) is 46.9 Å². The Morgan fingerprint density at radius 1 is 1.19 bits per heavy atom. The quantitative estimate of drug-likeness (QED) is 0.779. The fourth-order valence-electron chi connectivity index (χ4n) is 2.58. The molecule has 1 aliphatic rings. The first-order valence-electron chi connectivity index (χ1n) is 7.03. The van der Waals surface area contributed by atoms with Gasteiger partial charge in [-0.3, -0.25) is 0 Å². The molecule has 0 saturated carbocycles. The van der Waals surface area contributed by atoms with Crippen molar-refractivity contribution in [1.82, 2.24) is 0 Å². The fraction of sp³-hybridized carbons (Fsp3) is 0.353. The van der Waals surface area contributed by atoms with Crippen LogP contribution in [0.1, 0.15) is 19.4 Å². The lowest BCUT2D eigenvalue weighted by Gasteiger charge is -2.36. The summed E-state index contributed by atoms with van der Waals surface area (Å²) in [7, 11) is 1.58. The summed E-state index contributed by atoms with van der Waals surface area (Å²) in [6.45, 7) is 4.17. The Hall–Kier alpha value is -1.68. The summed E-state index contributed by atoms with van der Waals surface area (Å²) >= 11 is 1.54. The average Bonchev–Trinajstić information content (AvgIpc) is 2.49. The standard InChI is InChI=1S/C17H19NO2S/c1-17(2)15(21-18-16(19-3)20-17)11-13-9-6-8-12-7-4-5-10-14(12)13/h4-10,15H,11H2,1-3H3. The number of fused-ring (bicyclic) bond motifs is 1. The number of methoxy groups -OCH3 is 1. The van der Waals surface area contributed by atoms with Gasteiger partial charge in [0.2, 0.25) is 0 Å². The van der Waals surface area contributed by atoms with Crippen molar-refractivity contribution in [3.8, 4) is 0 Å². The first-order valence-corrected chi connectivity index (χ1v) is 7.87. The lowest BCUT2D eigenvalue weighted by atomic mass is 9.94. The van der Waals surface area contributed by atoms with Crippen molar-refractivity contribution >= 4 is 28.8 Å². The van der Waals surface area contributed by atoms with E-state index in [1.165, 1.54) is 16.3 Å². The van der Waals surface area contributed by atoms with E-state index >= 15 is 0 Å². The normalized spacial score (nSPS) is 20.7. The van der Waals surface area contributed by atoms with Gasteiger partial charge in [-0.2, -0.15) is 0 Å². The lowest BCUT2D eigenvalue weighted by molar-refractivity contribution is 0.0481. The maximum Gasteiger partial charge on any atom is 0.395 e. The molecule has 110 valence electrons. The van der Waals surface area contributed by atoms with E-state index in [1.54, 1.807) is 19.1 Å². The molecule has 0 aromatic heterocycles. The minimum Gasteiger partial charge on any atom is -0.453 e. The summed E-state index contributed by atoms with van der Waals surface area (Å²) in [6, 6.07) is 14.9. The van der Waals surface area contributed by atoms with Crippen LogP contribution in [0.3, 0.4) is 0 Å². The third kappa shape index (κ3) is 2.86. The molecule has 4 heteroatoms. The lowest BCUT2D eigenvalue weighted by Crippen LogP contribution is -2.43. The molecule has 0 spiro atoms. The van der Waals surface area contributed by atoms with Crippen LogP contribution in [0.4, 0.5) is 0 Å². The molecule has 0 saturated heterocycles. The molecule has 21 heavy (non-hydrogen) atoms. The van der Waals surface area contributed by atoms with Crippen LogP contribution >= 0.6 is 11.9 Å². The Morgan fingerprint density at radius 3 is 2.71 bits per heavy atom. The second kappa shape index (κ2) is 5.60. The van der Waals surface area contributed by atoms with Crippen LogP contribution in [0, 0.1) is 0 Å². The van der Waals surface area contributed by atoms with E-state index in [4.69, 9.17) is 9.47 Å². The molecule has 1 unspecified atom stereocenters. The van der Waals surface area contributed by atoms with Gasteiger partial charge in [-0.05, 0) is 48.6 Å². The zero-order valence-electron chi connectivity index (χ0n) is 12.5. The largest absolute Gasteiger partial charge is 0.453 e. The van der Waals surface area contributed by atoms with Crippen LogP contribution < -0.4 is 0 Å². The van der Waals surface area contributed by atoms with E-state index in [9.17, 15) is 0 Å². The first-order chi connectivity index (χ1) is 10.1. The summed E-state index contributed by atoms with van der Waals surface area (Å²) in [5.41, 5.74) is 1.02. The van der Waals surface area contributed by atoms with Crippen LogP contribution in [0.2, 0.25) is 0 Å². The van der Waals surface area contributed by atoms with Gasteiger partial charge in [-0.25, -0.2) is 0 Å². The fourth-order valence-corrected chi connectivity index (χ4v) is 3.46. The monoisotopic (exact) mass is 301 g/mol. The zero-order chi connectivity index (χ0) is 14.9. The highest BCUT2D eigenvalue weighted by Gasteiger charge is 2.37. The van der Waals surface area contributed by atoms with Gasteiger partial charge in [0.1, 0.15) is 5.60 Å².